The molecule has 28 heavy (non-hydrogen) atoms. The third kappa shape index (κ3) is 4.42. The second-order valence-electron chi connectivity index (χ2n) is 10.4. The quantitative estimate of drug-likeness (QED) is 0.375. The highest BCUT2D eigenvalue weighted by Crippen LogP contribution is 2.60. The summed E-state index contributed by atoms with van der Waals surface area (Å²) in [6, 6.07) is -0.865. The Balaban J connectivity index is 1.11. The minimum Gasteiger partial charge on any atom is -0.395 e. The van der Waals surface area contributed by atoms with Gasteiger partial charge >= 0.3 is 0 Å². The van der Waals surface area contributed by atoms with Gasteiger partial charge in [-0.05, 0) is 74.5 Å². The van der Waals surface area contributed by atoms with E-state index < -0.39 is 24.4 Å². The fourth-order valence-electron chi connectivity index (χ4n) is 7.07. The van der Waals surface area contributed by atoms with E-state index in [4.69, 9.17) is 4.74 Å². The Labute approximate surface area is 168 Å². The average Bonchev–Trinajstić information content (AvgIpc) is 2.66. The zero-order chi connectivity index (χ0) is 19.7. The van der Waals surface area contributed by atoms with E-state index in [0.717, 1.165) is 56.7 Å². The van der Waals surface area contributed by atoms with Crippen molar-refractivity contribution < 1.29 is 25.2 Å². The SMILES string of the molecule is OC[C@H]1N[C@H](CCCCCOCC23CC4CC(CC(C4)C2)C3)[C@H](O)[C@@H](O)[C@@H]1O. The van der Waals surface area contributed by atoms with Crippen molar-refractivity contribution in [2.45, 2.75) is 94.6 Å². The summed E-state index contributed by atoms with van der Waals surface area (Å²) in [4.78, 5) is 0. The molecule has 5 atom stereocenters. The molecule has 162 valence electrons. The monoisotopic (exact) mass is 397 g/mol. The first-order valence-corrected chi connectivity index (χ1v) is 11.5. The van der Waals surface area contributed by atoms with E-state index in [9.17, 15) is 20.4 Å². The molecule has 6 nitrogen and oxygen atoms in total. The summed E-state index contributed by atoms with van der Waals surface area (Å²) in [5, 5.41) is 42.3. The molecule has 0 spiro atoms. The topological polar surface area (TPSA) is 102 Å². The molecule has 0 amide bonds. The van der Waals surface area contributed by atoms with E-state index in [0.29, 0.717) is 5.41 Å². The van der Waals surface area contributed by atoms with E-state index >= 15 is 0 Å². The van der Waals surface area contributed by atoms with Crippen molar-refractivity contribution in [2.75, 3.05) is 19.8 Å². The van der Waals surface area contributed by atoms with Gasteiger partial charge in [0.25, 0.3) is 0 Å². The van der Waals surface area contributed by atoms with Crippen molar-refractivity contribution in [3.63, 3.8) is 0 Å². The lowest BCUT2D eigenvalue weighted by atomic mass is 9.50. The summed E-state index contributed by atoms with van der Waals surface area (Å²) in [5.41, 5.74) is 0.487. The van der Waals surface area contributed by atoms with E-state index in [1.165, 1.54) is 38.5 Å². The van der Waals surface area contributed by atoms with Crippen molar-refractivity contribution in [1.29, 1.82) is 0 Å². The van der Waals surface area contributed by atoms with Gasteiger partial charge in [-0.15, -0.1) is 0 Å². The highest BCUT2D eigenvalue weighted by molar-refractivity contribution is 5.01. The number of nitrogens with one attached hydrogen (secondary N) is 1. The maximum Gasteiger partial charge on any atom is 0.109 e. The lowest BCUT2D eigenvalue weighted by Crippen LogP contribution is -2.65. The van der Waals surface area contributed by atoms with Gasteiger partial charge in [0.1, 0.15) is 6.10 Å². The minimum absolute atomic E-state index is 0.250. The van der Waals surface area contributed by atoms with Crippen LogP contribution in [0.2, 0.25) is 0 Å². The predicted molar refractivity (Wildman–Crippen MR) is 106 cm³/mol. The fourth-order valence-corrected chi connectivity index (χ4v) is 7.07. The molecule has 4 aliphatic carbocycles. The van der Waals surface area contributed by atoms with E-state index in [1.807, 2.05) is 0 Å². The van der Waals surface area contributed by atoms with Crippen molar-refractivity contribution in [1.82, 2.24) is 5.32 Å². The van der Waals surface area contributed by atoms with Gasteiger partial charge in [-0.3, -0.25) is 0 Å². The van der Waals surface area contributed by atoms with E-state index in [1.54, 1.807) is 0 Å². The van der Waals surface area contributed by atoms with Gasteiger partial charge in [0, 0.05) is 12.6 Å². The summed E-state index contributed by atoms with van der Waals surface area (Å²) < 4.78 is 6.13. The number of unbranched alkanes of at least 4 members (excludes halogenated alkanes) is 2. The molecule has 6 heteroatoms. The minimum atomic E-state index is -1.20. The molecule has 0 aromatic heterocycles. The van der Waals surface area contributed by atoms with Crippen LogP contribution in [0.25, 0.3) is 0 Å². The van der Waals surface area contributed by atoms with Crippen LogP contribution in [-0.2, 0) is 4.74 Å². The molecule has 0 radical (unpaired) electrons. The van der Waals surface area contributed by atoms with Crippen LogP contribution in [-0.4, -0.2) is 70.6 Å². The van der Waals surface area contributed by atoms with Crippen LogP contribution in [0.5, 0.6) is 0 Å². The Hall–Kier alpha value is -0.240. The van der Waals surface area contributed by atoms with Crippen LogP contribution < -0.4 is 5.32 Å². The zero-order valence-electron chi connectivity index (χ0n) is 17.0. The van der Waals surface area contributed by atoms with Crippen LogP contribution in [0.1, 0.15) is 64.2 Å². The summed E-state index contributed by atoms with van der Waals surface area (Å²) in [6.07, 6.45) is 8.96. The lowest BCUT2D eigenvalue weighted by Gasteiger charge is -2.56. The van der Waals surface area contributed by atoms with Gasteiger partial charge in [-0.1, -0.05) is 12.8 Å². The van der Waals surface area contributed by atoms with Crippen molar-refractivity contribution in [2.24, 2.45) is 23.2 Å². The van der Waals surface area contributed by atoms with Gasteiger partial charge in [-0.25, -0.2) is 0 Å². The number of aliphatic hydroxyl groups excluding tert-OH is 4. The fraction of sp³-hybridized carbons (Fsp3) is 1.00. The van der Waals surface area contributed by atoms with Crippen LogP contribution in [0.15, 0.2) is 0 Å². The zero-order valence-corrected chi connectivity index (χ0v) is 17.0. The molecule has 0 aromatic carbocycles. The van der Waals surface area contributed by atoms with E-state index in [-0.39, 0.29) is 12.6 Å². The molecule has 1 saturated heterocycles. The van der Waals surface area contributed by atoms with Crippen LogP contribution in [0, 0.1) is 23.2 Å². The second kappa shape index (κ2) is 8.86. The molecule has 5 N–H and O–H groups in total. The number of hydrogen-bond acceptors (Lipinski definition) is 6. The number of aliphatic hydroxyl groups is 4. The van der Waals surface area contributed by atoms with Crippen molar-refractivity contribution in [3.8, 4) is 0 Å². The highest BCUT2D eigenvalue weighted by atomic mass is 16.5. The molecular weight excluding hydrogens is 358 g/mol. The molecular formula is C22H39NO5. The normalized spacial score (nSPS) is 47.6. The van der Waals surface area contributed by atoms with Crippen LogP contribution in [0.4, 0.5) is 0 Å². The summed E-state index contributed by atoms with van der Waals surface area (Å²) in [7, 11) is 0. The van der Waals surface area contributed by atoms with Gasteiger partial charge in [0.15, 0.2) is 0 Å². The van der Waals surface area contributed by atoms with E-state index in [2.05, 4.69) is 5.32 Å². The smallest absolute Gasteiger partial charge is 0.109 e. The molecule has 0 aromatic rings. The predicted octanol–water partition coefficient (Wildman–Crippen LogP) is 1.20. The standard InChI is InChI=1S/C22H39NO5/c24-12-18-20(26)21(27)19(25)17(23-18)4-2-1-3-5-28-13-22-9-14-6-15(10-22)8-16(7-14)11-22/h14-21,23-27H,1-13H2/t14?,15?,16?,17-,18-,19+,20-,21-,22?/m1/s1. The number of rotatable bonds is 9. The lowest BCUT2D eigenvalue weighted by molar-refractivity contribution is -0.120. The van der Waals surface area contributed by atoms with Crippen LogP contribution >= 0.6 is 0 Å². The third-order valence-corrected chi connectivity index (χ3v) is 8.03. The van der Waals surface area contributed by atoms with Gasteiger partial charge in [-0.2, -0.15) is 0 Å². The van der Waals surface area contributed by atoms with Gasteiger partial charge in [0.05, 0.1) is 31.5 Å². The molecule has 5 fully saturated rings. The third-order valence-electron chi connectivity index (χ3n) is 8.03. The largest absolute Gasteiger partial charge is 0.395 e. The number of piperidine rings is 1. The van der Waals surface area contributed by atoms with Crippen molar-refractivity contribution in [3.05, 3.63) is 0 Å². The van der Waals surface area contributed by atoms with Crippen molar-refractivity contribution >= 4 is 0 Å². The Morgan fingerprint density at radius 1 is 0.786 bits per heavy atom. The van der Waals surface area contributed by atoms with Gasteiger partial charge < -0.3 is 30.5 Å². The molecule has 5 aliphatic rings. The molecule has 1 aliphatic heterocycles. The number of hydrogen-bond donors (Lipinski definition) is 5. The van der Waals surface area contributed by atoms with Crippen LogP contribution in [0.3, 0.4) is 0 Å². The Morgan fingerprint density at radius 3 is 2.00 bits per heavy atom. The molecule has 0 unspecified atom stereocenters. The summed E-state index contributed by atoms with van der Waals surface area (Å²) >= 11 is 0. The maximum atomic E-state index is 10.1. The first-order chi connectivity index (χ1) is 13.5. The molecule has 4 bridgehead atoms. The average molecular weight is 398 g/mol. The first-order valence-electron chi connectivity index (χ1n) is 11.5. The maximum absolute atomic E-state index is 10.1. The second-order valence-corrected chi connectivity index (χ2v) is 10.4. The Kier molecular flexibility index (Phi) is 6.65. The summed E-state index contributed by atoms with van der Waals surface area (Å²) in [5.74, 6) is 2.92. The molecule has 5 rings (SSSR count). The highest BCUT2D eigenvalue weighted by Gasteiger charge is 2.50. The number of ether oxygens (including phenoxy) is 1. The molecule has 4 saturated carbocycles. The first kappa shape index (κ1) is 21.0. The Bertz CT molecular complexity index is 478. The Morgan fingerprint density at radius 2 is 1.39 bits per heavy atom. The summed E-state index contributed by atoms with van der Waals surface area (Å²) in [6.45, 7) is 1.50. The molecule has 1 heterocycles. The van der Waals surface area contributed by atoms with Gasteiger partial charge in [0.2, 0.25) is 0 Å².